The number of ether oxygens (including phenoxy) is 2. The van der Waals surface area contributed by atoms with Crippen LogP contribution in [0.25, 0.3) is 6.08 Å². The molecule has 31 heavy (non-hydrogen) atoms. The van der Waals surface area contributed by atoms with Crippen LogP contribution in [0.1, 0.15) is 18.1 Å². The summed E-state index contributed by atoms with van der Waals surface area (Å²) in [5.74, 6) is -0.349. The van der Waals surface area contributed by atoms with Gasteiger partial charge in [0.15, 0.2) is 11.5 Å². The molecule has 2 aromatic rings. The van der Waals surface area contributed by atoms with Gasteiger partial charge in [-0.25, -0.2) is 9.69 Å². The summed E-state index contributed by atoms with van der Waals surface area (Å²) in [5.41, 5.74) is 2.15. The molecule has 0 bridgehead atoms. The van der Waals surface area contributed by atoms with E-state index in [4.69, 9.17) is 21.1 Å². The molecule has 0 atom stereocenters. The molecule has 0 aromatic heterocycles. The first-order valence-electron chi connectivity index (χ1n) is 9.51. The van der Waals surface area contributed by atoms with Gasteiger partial charge >= 0.3 is 6.03 Å². The molecule has 1 saturated heterocycles. The van der Waals surface area contributed by atoms with Crippen molar-refractivity contribution in [3.8, 4) is 11.5 Å². The van der Waals surface area contributed by atoms with E-state index >= 15 is 0 Å². The molecule has 3 rings (SSSR count). The summed E-state index contributed by atoms with van der Waals surface area (Å²) < 4.78 is 10.4. The van der Waals surface area contributed by atoms with Crippen molar-refractivity contribution in [3.63, 3.8) is 0 Å². The van der Waals surface area contributed by atoms with Gasteiger partial charge in [0.25, 0.3) is 5.91 Å². The lowest BCUT2D eigenvalue weighted by Crippen LogP contribution is -2.38. The third kappa shape index (κ3) is 4.80. The van der Waals surface area contributed by atoms with Crippen LogP contribution in [-0.2, 0) is 16.0 Å². The van der Waals surface area contributed by atoms with Crippen molar-refractivity contribution in [2.45, 2.75) is 13.3 Å². The number of hydrogen-bond donors (Lipinski definition) is 2. The van der Waals surface area contributed by atoms with Crippen molar-refractivity contribution in [1.29, 1.82) is 0 Å². The van der Waals surface area contributed by atoms with Crippen LogP contribution in [0.2, 0.25) is 5.02 Å². The zero-order valence-electron chi connectivity index (χ0n) is 17.3. The topological polar surface area (TPSA) is 97.0 Å². The highest BCUT2D eigenvalue weighted by molar-refractivity contribution is 6.32. The number of benzene rings is 2. The van der Waals surface area contributed by atoms with Crippen LogP contribution in [0.4, 0.5) is 10.5 Å². The first kappa shape index (κ1) is 22.2. The molecule has 1 aliphatic heterocycles. The number of halogens is 1. The number of rotatable bonds is 7. The summed E-state index contributed by atoms with van der Waals surface area (Å²) in [6.45, 7) is 1.56. The molecule has 162 valence electrons. The summed E-state index contributed by atoms with van der Waals surface area (Å²) in [4.78, 5) is 38.3. The minimum Gasteiger partial charge on any atom is -0.493 e. The summed E-state index contributed by atoms with van der Waals surface area (Å²) >= 11 is 6.19. The highest BCUT2D eigenvalue weighted by Gasteiger charge is 2.35. The highest BCUT2D eigenvalue weighted by Crippen LogP contribution is 2.36. The van der Waals surface area contributed by atoms with E-state index in [1.165, 1.54) is 20.3 Å². The molecule has 0 unspecified atom stereocenters. The van der Waals surface area contributed by atoms with E-state index in [1.807, 2.05) is 19.1 Å². The number of aryl methyl sites for hydroxylation is 1. The van der Waals surface area contributed by atoms with E-state index in [-0.39, 0.29) is 10.7 Å². The Labute approximate surface area is 184 Å². The molecule has 2 aromatic carbocycles. The van der Waals surface area contributed by atoms with E-state index in [1.54, 1.807) is 24.3 Å². The fourth-order valence-corrected chi connectivity index (χ4v) is 3.48. The molecule has 8 nitrogen and oxygen atoms in total. The maximum absolute atomic E-state index is 12.7. The van der Waals surface area contributed by atoms with Gasteiger partial charge in [-0.15, -0.1) is 0 Å². The number of para-hydroxylation sites is 1. The largest absolute Gasteiger partial charge is 0.493 e. The molecular weight excluding hydrogens is 422 g/mol. The summed E-state index contributed by atoms with van der Waals surface area (Å²) in [6, 6.07) is 9.87. The van der Waals surface area contributed by atoms with Crippen molar-refractivity contribution in [2.24, 2.45) is 0 Å². The molecule has 1 fully saturated rings. The maximum atomic E-state index is 12.7. The Hall–Kier alpha value is -3.52. The SMILES string of the molecule is CCc1ccccc1NC(=O)CN1C(=O)N/C(=C/c2cc(Cl)c(OC)c(OC)c2)C1=O. The van der Waals surface area contributed by atoms with E-state index in [0.29, 0.717) is 22.7 Å². The minimum atomic E-state index is -0.679. The number of anilines is 1. The lowest BCUT2D eigenvalue weighted by molar-refractivity contribution is -0.127. The predicted molar refractivity (Wildman–Crippen MR) is 117 cm³/mol. The molecule has 0 aliphatic carbocycles. The number of carbonyl (C=O) groups is 3. The van der Waals surface area contributed by atoms with Gasteiger partial charge in [0.05, 0.1) is 19.2 Å². The van der Waals surface area contributed by atoms with Gasteiger partial charge in [-0.3, -0.25) is 9.59 Å². The number of carbonyl (C=O) groups excluding carboxylic acids is 3. The van der Waals surface area contributed by atoms with Crippen molar-refractivity contribution >= 4 is 41.2 Å². The third-order valence-electron chi connectivity index (χ3n) is 4.70. The summed E-state index contributed by atoms with van der Waals surface area (Å²) in [6.07, 6.45) is 2.19. The number of methoxy groups -OCH3 is 2. The second-order valence-corrected chi connectivity index (χ2v) is 7.08. The lowest BCUT2D eigenvalue weighted by Gasteiger charge is -2.13. The molecule has 0 radical (unpaired) electrons. The van der Waals surface area contributed by atoms with Crippen LogP contribution in [-0.4, -0.2) is 43.5 Å². The zero-order chi connectivity index (χ0) is 22.5. The Kier molecular flexibility index (Phi) is 6.81. The first-order chi connectivity index (χ1) is 14.9. The number of amides is 4. The Bertz CT molecular complexity index is 1070. The second kappa shape index (κ2) is 9.53. The smallest absolute Gasteiger partial charge is 0.329 e. The quantitative estimate of drug-likeness (QED) is 0.504. The highest BCUT2D eigenvalue weighted by atomic mass is 35.5. The van der Waals surface area contributed by atoms with Crippen molar-refractivity contribution in [2.75, 3.05) is 26.1 Å². The van der Waals surface area contributed by atoms with Crippen LogP contribution in [0.5, 0.6) is 11.5 Å². The van der Waals surface area contributed by atoms with Crippen LogP contribution < -0.4 is 20.1 Å². The molecule has 0 spiro atoms. The fraction of sp³-hybridized carbons (Fsp3) is 0.227. The van der Waals surface area contributed by atoms with E-state index in [9.17, 15) is 14.4 Å². The van der Waals surface area contributed by atoms with Crippen LogP contribution >= 0.6 is 11.6 Å². The number of nitrogens with one attached hydrogen (secondary N) is 2. The number of imide groups is 1. The van der Waals surface area contributed by atoms with Crippen LogP contribution in [0, 0.1) is 0 Å². The average molecular weight is 444 g/mol. The normalized spacial score (nSPS) is 14.6. The fourth-order valence-electron chi connectivity index (χ4n) is 3.19. The summed E-state index contributed by atoms with van der Waals surface area (Å²) in [5, 5.41) is 5.52. The predicted octanol–water partition coefficient (Wildman–Crippen LogP) is 3.45. The van der Waals surface area contributed by atoms with Gasteiger partial charge in [0.2, 0.25) is 5.91 Å². The van der Waals surface area contributed by atoms with Gasteiger partial charge in [0.1, 0.15) is 12.2 Å². The Balaban J connectivity index is 1.76. The third-order valence-corrected chi connectivity index (χ3v) is 4.98. The van der Waals surface area contributed by atoms with Gasteiger partial charge < -0.3 is 20.1 Å². The second-order valence-electron chi connectivity index (χ2n) is 6.68. The van der Waals surface area contributed by atoms with Gasteiger partial charge in [-0.1, -0.05) is 36.7 Å². The van der Waals surface area contributed by atoms with Crippen LogP contribution in [0.15, 0.2) is 42.1 Å². The number of hydrogen-bond acceptors (Lipinski definition) is 5. The summed E-state index contributed by atoms with van der Waals surface area (Å²) in [7, 11) is 2.93. The molecule has 9 heteroatoms. The van der Waals surface area contributed by atoms with Crippen molar-refractivity contribution in [3.05, 3.63) is 58.2 Å². The van der Waals surface area contributed by atoms with E-state index in [2.05, 4.69) is 10.6 Å². The number of nitrogens with zero attached hydrogens (tertiary/aromatic N) is 1. The molecule has 0 saturated carbocycles. The molecule has 1 heterocycles. The Morgan fingerprint density at radius 3 is 2.61 bits per heavy atom. The minimum absolute atomic E-state index is 0.0232. The molecule has 1 aliphatic rings. The lowest BCUT2D eigenvalue weighted by atomic mass is 10.1. The monoisotopic (exact) mass is 443 g/mol. The molecular formula is C22H22ClN3O5. The van der Waals surface area contributed by atoms with Crippen molar-refractivity contribution < 1.29 is 23.9 Å². The van der Waals surface area contributed by atoms with Gasteiger partial charge in [-0.2, -0.15) is 0 Å². The van der Waals surface area contributed by atoms with E-state index in [0.717, 1.165) is 16.9 Å². The standard InChI is InChI=1S/C22H22ClN3O5/c1-4-14-7-5-6-8-16(14)24-19(27)12-26-21(28)17(25-22(26)29)10-13-9-15(23)20(31-3)18(11-13)30-2/h5-11H,4,12H2,1-3H3,(H,24,27)(H,25,29)/b17-10+. The molecule has 4 amide bonds. The first-order valence-corrected chi connectivity index (χ1v) is 9.89. The number of urea groups is 1. The Morgan fingerprint density at radius 1 is 1.19 bits per heavy atom. The average Bonchev–Trinajstić information content (AvgIpc) is 3.00. The van der Waals surface area contributed by atoms with E-state index < -0.39 is 24.4 Å². The van der Waals surface area contributed by atoms with Gasteiger partial charge in [0, 0.05) is 5.69 Å². The zero-order valence-corrected chi connectivity index (χ0v) is 18.1. The molecule has 2 N–H and O–H groups in total. The van der Waals surface area contributed by atoms with Crippen molar-refractivity contribution in [1.82, 2.24) is 10.2 Å². The Morgan fingerprint density at radius 2 is 1.94 bits per heavy atom. The maximum Gasteiger partial charge on any atom is 0.329 e. The van der Waals surface area contributed by atoms with Gasteiger partial charge in [-0.05, 0) is 41.8 Å². The van der Waals surface area contributed by atoms with Crippen LogP contribution in [0.3, 0.4) is 0 Å².